The fraction of sp³-hybridized carbons (Fsp3) is 0.333. The van der Waals surface area contributed by atoms with E-state index in [9.17, 15) is 4.79 Å². The minimum absolute atomic E-state index is 0.544. The van der Waals surface area contributed by atoms with E-state index in [-0.39, 0.29) is 0 Å². The lowest BCUT2D eigenvalue weighted by molar-refractivity contribution is 0.249. The SMILES string of the molecule is NC(=O)NN=Cc1ccc(N(CCCl)CCCl)cc1. The van der Waals surface area contributed by atoms with Crippen LogP contribution in [0.15, 0.2) is 29.4 Å². The first-order chi connectivity index (χ1) is 9.17. The highest BCUT2D eigenvalue weighted by atomic mass is 35.5. The Morgan fingerprint density at radius 1 is 1.26 bits per heavy atom. The summed E-state index contributed by atoms with van der Waals surface area (Å²) < 4.78 is 0. The van der Waals surface area contributed by atoms with Crippen molar-refractivity contribution >= 4 is 41.1 Å². The molecule has 0 aliphatic rings. The van der Waals surface area contributed by atoms with Crippen molar-refractivity contribution in [1.29, 1.82) is 0 Å². The Bertz CT molecular complexity index is 416. The van der Waals surface area contributed by atoms with E-state index < -0.39 is 6.03 Å². The number of urea groups is 1. The van der Waals surface area contributed by atoms with Crippen molar-refractivity contribution in [3.05, 3.63) is 29.8 Å². The molecule has 0 aromatic heterocycles. The fourth-order valence-electron chi connectivity index (χ4n) is 1.52. The molecule has 0 saturated heterocycles. The minimum Gasteiger partial charge on any atom is -0.369 e. The molecule has 104 valence electrons. The summed E-state index contributed by atoms with van der Waals surface area (Å²) in [6.07, 6.45) is 1.52. The Morgan fingerprint density at radius 2 is 1.84 bits per heavy atom. The second-order valence-corrected chi connectivity index (χ2v) is 4.45. The maximum atomic E-state index is 10.4. The van der Waals surface area contributed by atoms with Gasteiger partial charge in [-0.1, -0.05) is 12.1 Å². The Hall–Kier alpha value is -1.46. The number of carbonyl (C=O) groups is 1. The average molecular weight is 303 g/mol. The number of hydrazone groups is 1. The summed E-state index contributed by atoms with van der Waals surface area (Å²) in [5.41, 5.74) is 8.93. The first-order valence-electron chi connectivity index (χ1n) is 5.73. The second kappa shape index (κ2) is 8.61. The van der Waals surface area contributed by atoms with Gasteiger partial charge in [0.1, 0.15) is 0 Å². The highest BCUT2D eigenvalue weighted by Gasteiger charge is 2.04. The van der Waals surface area contributed by atoms with Gasteiger partial charge in [-0.15, -0.1) is 23.2 Å². The van der Waals surface area contributed by atoms with Gasteiger partial charge in [0.25, 0.3) is 0 Å². The summed E-state index contributed by atoms with van der Waals surface area (Å²) in [7, 11) is 0. The lowest BCUT2D eigenvalue weighted by Crippen LogP contribution is -2.27. The molecule has 19 heavy (non-hydrogen) atoms. The number of carbonyl (C=O) groups excluding carboxylic acids is 1. The van der Waals surface area contributed by atoms with Crippen LogP contribution in [-0.4, -0.2) is 37.1 Å². The predicted octanol–water partition coefficient (Wildman–Crippen LogP) is 1.97. The van der Waals surface area contributed by atoms with Crippen LogP contribution >= 0.6 is 23.2 Å². The number of alkyl halides is 2. The van der Waals surface area contributed by atoms with E-state index in [2.05, 4.69) is 15.4 Å². The number of benzene rings is 1. The molecule has 7 heteroatoms. The lowest BCUT2D eigenvalue weighted by Gasteiger charge is -2.22. The van der Waals surface area contributed by atoms with Gasteiger partial charge in [0.15, 0.2) is 0 Å². The molecule has 0 spiro atoms. The number of primary amides is 1. The molecule has 1 rings (SSSR count). The number of nitrogens with two attached hydrogens (primary N) is 1. The second-order valence-electron chi connectivity index (χ2n) is 3.69. The van der Waals surface area contributed by atoms with Crippen LogP contribution in [0.4, 0.5) is 10.5 Å². The number of hydrogen-bond donors (Lipinski definition) is 2. The van der Waals surface area contributed by atoms with Crippen LogP contribution in [0.1, 0.15) is 5.56 Å². The zero-order chi connectivity index (χ0) is 14.1. The third-order valence-electron chi connectivity index (χ3n) is 2.36. The summed E-state index contributed by atoms with van der Waals surface area (Å²) in [6, 6.07) is 6.98. The molecule has 0 unspecified atom stereocenters. The molecule has 5 nitrogen and oxygen atoms in total. The first-order valence-corrected chi connectivity index (χ1v) is 6.79. The predicted molar refractivity (Wildman–Crippen MR) is 80.4 cm³/mol. The van der Waals surface area contributed by atoms with Gasteiger partial charge in [-0.2, -0.15) is 5.10 Å². The molecule has 2 amide bonds. The molecule has 1 aromatic carbocycles. The van der Waals surface area contributed by atoms with E-state index in [0.717, 1.165) is 24.3 Å². The molecule has 0 atom stereocenters. The largest absolute Gasteiger partial charge is 0.369 e. The van der Waals surface area contributed by atoms with Crippen molar-refractivity contribution in [2.45, 2.75) is 0 Å². The summed E-state index contributed by atoms with van der Waals surface area (Å²) >= 11 is 11.5. The van der Waals surface area contributed by atoms with Gasteiger partial charge >= 0.3 is 6.03 Å². The van der Waals surface area contributed by atoms with E-state index in [0.29, 0.717) is 11.8 Å². The average Bonchev–Trinajstić information content (AvgIpc) is 2.39. The van der Waals surface area contributed by atoms with Crippen LogP contribution in [0.5, 0.6) is 0 Å². The first kappa shape index (κ1) is 15.6. The van der Waals surface area contributed by atoms with Crippen LogP contribution in [0.3, 0.4) is 0 Å². The third-order valence-corrected chi connectivity index (χ3v) is 2.69. The highest BCUT2D eigenvalue weighted by Crippen LogP contribution is 2.14. The number of rotatable bonds is 7. The summed E-state index contributed by atoms with van der Waals surface area (Å²) in [5, 5.41) is 3.68. The van der Waals surface area contributed by atoms with E-state index >= 15 is 0 Å². The van der Waals surface area contributed by atoms with Crippen LogP contribution in [0, 0.1) is 0 Å². The summed E-state index contributed by atoms with van der Waals surface area (Å²) in [5.74, 6) is 1.09. The maximum Gasteiger partial charge on any atom is 0.332 e. The fourth-order valence-corrected chi connectivity index (χ4v) is 1.92. The van der Waals surface area contributed by atoms with Crippen molar-refractivity contribution in [3.63, 3.8) is 0 Å². The molecular weight excluding hydrogens is 287 g/mol. The maximum absolute atomic E-state index is 10.4. The van der Waals surface area contributed by atoms with Gasteiger partial charge in [0, 0.05) is 30.5 Å². The Balaban J connectivity index is 2.68. The molecule has 1 aromatic rings. The molecule has 0 bridgehead atoms. The normalized spacial score (nSPS) is 10.6. The number of hydrogen-bond acceptors (Lipinski definition) is 3. The van der Waals surface area contributed by atoms with Crippen molar-refractivity contribution in [1.82, 2.24) is 5.43 Å². The van der Waals surface area contributed by atoms with Crippen molar-refractivity contribution < 1.29 is 4.79 Å². The number of amides is 2. The van der Waals surface area contributed by atoms with Gasteiger partial charge in [-0.05, 0) is 17.7 Å². The van der Waals surface area contributed by atoms with Crippen LogP contribution in [0.2, 0.25) is 0 Å². The number of halogens is 2. The van der Waals surface area contributed by atoms with Gasteiger partial charge in [0.05, 0.1) is 6.21 Å². The van der Waals surface area contributed by atoms with Crippen molar-refractivity contribution in [3.8, 4) is 0 Å². The topological polar surface area (TPSA) is 70.7 Å². The highest BCUT2D eigenvalue weighted by molar-refractivity contribution is 6.18. The van der Waals surface area contributed by atoms with Crippen LogP contribution < -0.4 is 16.1 Å². The summed E-state index contributed by atoms with van der Waals surface area (Å²) in [4.78, 5) is 12.5. The Kier molecular flexibility index (Phi) is 7.07. The molecule has 0 aliphatic heterocycles. The smallest absolute Gasteiger partial charge is 0.332 e. The molecule has 3 N–H and O–H groups in total. The van der Waals surface area contributed by atoms with E-state index in [1.165, 1.54) is 6.21 Å². The third kappa shape index (κ3) is 5.81. The van der Waals surface area contributed by atoms with E-state index in [4.69, 9.17) is 28.9 Å². The Morgan fingerprint density at radius 3 is 2.32 bits per heavy atom. The van der Waals surface area contributed by atoms with Gasteiger partial charge < -0.3 is 10.6 Å². The Labute approximate surface area is 122 Å². The number of nitrogens with one attached hydrogen (secondary N) is 1. The quantitative estimate of drug-likeness (QED) is 0.459. The van der Waals surface area contributed by atoms with Crippen molar-refractivity contribution in [2.75, 3.05) is 29.7 Å². The number of anilines is 1. The van der Waals surface area contributed by atoms with Gasteiger partial charge in [0.2, 0.25) is 0 Å². The number of nitrogens with zero attached hydrogens (tertiary/aromatic N) is 2. The van der Waals surface area contributed by atoms with Gasteiger partial charge in [-0.25, -0.2) is 10.2 Å². The minimum atomic E-state index is -0.691. The lowest BCUT2D eigenvalue weighted by atomic mass is 10.2. The molecule has 0 radical (unpaired) electrons. The molecule has 0 aliphatic carbocycles. The zero-order valence-corrected chi connectivity index (χ0v) is 11.9. The van der Waals surface area contributed by atoms with Crippen LogP contribution in [0.25, 0.3) is 0 Å². The molecule has 0 heterocycles. The monoisotopic (exact) mass is 302 g/mol. The molecule has 0 saturated carbocycles. The van der Waals surface area contributed by atoms with Gasteiger partial charge in [-0.3, -0.25) is 0 Å². The molecule has 0 fully saturated rings. The summed E-state index contributed by atoms with van der Waals surface area (Å²) in [6.45, 7) is 1.48. The molecular formula is C12H16Cl2N4O. The standard InChI is InChI=1S/C12H16Cl2N4O/c13-5-7-18(8-6-14)11-3-1-10(2-4-11)9-16-17-12(15)19/h1-4,9H,5-8H2,(H3,15,17,19). The van der Waals surface area contributed by atoms with E-state index in [1.807, 2.05) is 24.3 Å². The van der Waals surface area contributed by atoms with Crippen molar-refractivity contribution in [2.24, 2.45) is 10.8 Å². The zero-order valence-electron chi connectivity index (χ0n) is 10.4. The van der Waals surface area contributed by atoms with E-state index in [1.54, 1.807) is 0 Å². The van der Waals surface area contributed by atoms with Crippen LogP contribution in [-0.2, 0) is 0 Å².